The van der Waals surface area contributed by atoms with Crippen LogP contribution in [0.15, 0.2) is 24.3 Å². The number of hydrogen-bond acceptors (Lipinski definition) is 2. The third-order valence-corrected chi connectivity index (χ3v) is 3.07. The van der Waals surface area contributed by atoms with Gasteiger partial charge in [0.15, 0.2) is 0 Å². The highest BCUT2D eigenvalue weighted by molar-refractivity contribution is 5.95. The first-order valence-electron chi connectivity index (χ1n) is 5.75. The Morgan fingerprint density at radius 2 is 2.12 bits per heavy atom. The molecule has 0 spiro atoms. The second-order valence-electron chi connectivity index (χ2n) is 4.31. The van der Waals surface area contributed by atoms with E-state index in [9.17, 15) is 0 Å². The Morgan fingerprint density at radius 1 is 1.44 bits per heavy atom. The Hall–Kier alpha value is -1.51. The van der Waals surface area contributed by atoms with Gasteiger partial charge in [0, 0.05) is 17.3 Å². The van der Waals surface area contributed by atoms with Gasteiger partial charge >= 0.3 is 0 Å². The van der Waals surface area contributed by atoms with E-state index in [1.807, 2.05) is 24.3 Å². The molecule has 16 heavy (non-hydrogen) atoms. The number of anilines is 1. The molecule has 1 aromatic rings. The molecule has 0 aliphatic rings. The topological polar surface area (TPSA) is 61.9 Å². The lowest BCUT2D eigenvalue weighted by Gasteiger charge is -2.21. The highest BCUT2D eigenvalue weighted by atomic mass is 14.9. The van der Waals surface area contributed by atoms with Crippen LogP contribution in [0.2, 0.25) is 0 Å². The molecule has 2 atom stereocenters. The third kappa shape index (κ3) is 3.26. The van der Waals surface area contributed by atoms with Gasteiger partial charge in [0.25, 0.3) is 0 Å². The number of rotatable bonds is 5. The molecular weight excluding hydrogens is 198 g/mol. The summed E-state index contributed by atoms with van der Waals surface area (Å²) in [6.45, 7) is 6.59. The van der Waals surface area contributed by atoms with Crippen molar-refractivity contribution in [2.45, 2.75) is 33.2 Å². The molecule has 0 bridgehead atoms. The molecule has 3 heteroatoms. The number of amidine groups is 1. The van der Waals surface area contributed by atoms with Crippen LogP contribution in [0.3, 0.4) is 0 Å². The molecule has 0 saturated heterocycles. The van der Waals surface area contributed by atoms with E-state index in [1.54, 1.807) is 0 Å². The highest BCUT2D eigenvalue weighted by Crippen LogP contribution is 2.16. The van der Waals surface area contributed by atoms with Gasteiger partial charge in [0.05, 0.1) is 0 Å². The molecule has 0 aromatic heterocycles. The van der Waals surface area contributed by atoms with Gasteiger partial charge in [-0.05, 0) is 25.0 Å². The van der Waals surface area contributed by atoms with E-state index in [1.165, 1.54) is 0 Å². The summed E-state index contributed by atoms with van der Waals surface area (Å²) in [5.41, 5.74) is 7.25. The summed E-state index contributed by atoms with van der Waals surface area (Å²) in [6, 6.07) is 8.11. The van der Waals surface area contributed by atoms with Gasteiger partial charge in [-0.15, -0.1) is 0 Å². The molecule has 1 rings (SSSR count). The van der Waals surface area contributed by atoms with Crippen molar-refractivity contribution < 1.29 is 0 Å². The van der Waals surface area contributed by atoms with E-state index in [-0.39, 0.29) is 5.84 Å². The van der Waals surface area contributed by atoms with Crippen molar-refractivity contribution in [3.8, 4) is 0 Å². The molecular formula is C13H21N3. The monoisotopic (exact) mass is 219 g/mol. The summed E-state index contributed by atoms with van der Waals surface area (Å²) in [4.78, 5) is 0. The molecule has 0 aliphatic carbocycles. The summed E-state index contributed by atoms with van der Waals surface area (Å²) in [6.07, 6.45) is 1.15. The first kappa shape index (κ1) is 12.6. The average Bonchev–Trinajstić information content (AvgIpc) is 2.28. The number of nitrogens with two attached hydrogens (primary N) is 1. The standard InChI is InChI=1S/C13H21N3/c1-4-9(2)10(3)16-12-7-5-6-11(8-12)13(14)15/h5-10,16H,4H2,1-3H3,(H3,14,15)/t9-,10-/m0/s1. The molecule has 0 radical (unpaired) electrons. The zero-order valence-electron chi connectivity index (χ0n) is 10.2. The minimum Gasteiger partial charge on any atom is -0.384 e. The van der Waals surface area contributed by atoms with Gasteiger partial charge in [-0.3, -0.25) is 5.41 Å². The molecule has 88 valence electrons. The van der Waals surface area contributed by atoms with Gasteiger partial charge in [-0.2, -0.15) is 0 Å². The molecule has 0 saturated carbocycles. The Bertz CT molecular complexity index is 360. The van der Waals surface area contributed by atoms with Crippen molar-refractivity contribution in [1.82, 2.24) is 0 Å². The summed E-state index contributed by atoms with van der Waals surface area (Å²) in [5, 5.41) is 10.8. The average molecular weight is 219 g/mol. The van der Waals surface area contributed by atoms with Crippen LogP contribution >= 0.6 is 0 Å². The predicted molar refractivity (Wildman–Crippen MR) is 70.0 cm³/mol. The minimum atomic E-state index is 0.111. The van der Waals surface area contributed by atoms with Crippen LogP contribution in [0, 0.1) is 11.3 Å². The fourth-order valence-electron chi connectivity index (χ4n) is 1.54. The molecule has 0 unspecified atom stereocenters. The summed E-state index contributed by atoms with van der Waals surface area (Å²) >= 11 is 0. The van der Waals surface area contributed by atoms with Crippen molar-refractivity contribution in [3.63, 3.8) is 0 Å². The van der Waals surface area contributed by atoms with E-state index in [0.29, 0.717) is 12.0 Å². The van der Waals surface area contributed by atoms with E-state index in [4.69, 9.17) is 11.1 Å². The normalized spacial score (nSPS) is 14.2. The van der Waals surface area contributed by atoms with E-state index in [2.05, 4.69) is 26.1 Å². The number of hydrogen-bond donors (Lipinski definition) is 3. The van der Waals surface area contributed by atoms with Crippen molar-refractivity contribution in [1.29, 1.82) is 5.41 Å². The lowest BCUT2D eigenvalue weighted by molar-refractivity contribution is 0.494. The lowest BCUT2D eigenvalue weighted by Crippen LogP contribution is -2.23. The Morgan fingerprint density at radius 3 is 2.69 bits per heavy atom. The van der Waals surface area contributed by atoms with Gasteiger partial charge in [-0.1, -0.05) is 32.4 Å². The van der Waals surface area contributed by atoms with E-state index < -0.39 is 0 Å². The van der Waals surface area contributed by atoms with Crippen LogP contribution < -0.4 is 11.1 Å². The van der Waals surface area contributed by atoms with Crippen molar-refractivity contribution in [2.24, 2.45) is 11.7 Å². The van der Waals surface area contributed by atoms with E-state index >= 15 is 0 Å². The van der Waals surface area contributed by atoms with Gasteiger partial charge in [0.2, 0.25) is 0 Å². The Labute approximate surface area is 97.6 Å². The van der Waals surface area contributed by atoms with Gasteiger partial charge in [-0.25, -0.2) is 0 Å². The lowest BCUT2D eigenvalue weighted by atomic mass is 10.0. The second kappa shape index (κ2) is 5.54. The Kier molecular flexibility index (Phi) is 4.35. The molecule has 0 aliphatic heterocycles. The molecule has 4 N–H and O–H groups in total. The van der Waals surface area contributed by atoms with E-state index in [0.717, 1.165) is 17.7 Å². The highest BCUT2D eigenvalue weighted by Gasteiger charge is 2.09. The van der Waals surface area contributed by atoms with Gasteiger partial charge < -0.3 is 11.1 Å². The van der Waals surface area contributed by atoms with Crippen LogP contribution in [0.4, 0.5) is 5.69 Å². The molecule has 0 amide bonds. The first-order chi connectivity index (χ1) is 7.54. The quantitative estimate of drug-likeness (QED) is 0.526. The third-order valence-electron chi connectivity index (χ3n) is 3.07. The largest absolute Gasteiger partial charge is 0.384 e. The summed E-state index contributed by atoms with van der Waals surface area (Å²) in [7, 11) is 0. The number of benzene rings is 1. The maximum absolute atomic E-state index is 7.39. The second-order valence-corrected chi connectivity index (χ2v) is 4.31. The maximum atomic E-state index is 7.39. The summed E-state index contributed by atoms with van der Waals surface area (Å²) in [5.74, 6) is 0.737. The SMILES string of the molecule is CC[C@H](C)[C@H](C)Nc1cccc(C(=N)N)c1. The molecule has 1 aromatic carbocycles. The molecule has 0 heterocycles. The zero-order valence-corrected chi connectivity index (χ0v) is 10.2. The Balaban J connectivity index is 2.74. The fraction of sp³-hybridized carbons (Fsp3) is 0.462. The van der Waals surface area contributed by atoms with Crippen LogP contribution in [-0.2, 0) is 0 Å². The zero-order chi connectivity index (χ0) is 12.1. The van der Waals surface area contributed by atoms with Crippen LogP contribution in [-0.4, -0.2) is 11.9 Å². The van der Waals surface area contributed by atoms with Crippen molar-refractivity contribution in [2.75, 3.05) is 5.32 Å². The minimum absolute atomic E-state index is 0.111. The van der Waals surface area contributed by atoms with Crippen LogP contribution in [0.25, 0.3) is 0 Å². The number of nitrogens with one attached hydrogen (secondary N) is 2. The summed E-state index contributed by atoms with van der Waals surface area (Å²) < 4.78 is 0. The molecule has 0 fully saturated rings. The van der Waals surface area contributed by atoms with Crippen LogP contribution in [0.1, 0.15) is 32.8 Å². The van der Waals surface area contributed by atoms with Crippen molar-refractivity contribution in [3.05, 3.63) is 29.8 Å². The van der Waals surface area contributed by atoms with Crippen molar-refractivity contribution >= 4 is 11.5 Å². The smallest absolute Gasteiger partial charge is 0.122 e. The fourth-order valence-corrected chi connectivity index (χ4v) is 1.54. The van der Waals surface area contributed by atoms with Gasteiger partial charge in [0.1, 0.15) is 5.84 Å². The number of nitrogen functional groups attached to an aromatic ring is 1. The molecule has 3 nitrogen and oxygen atoms in total. The maximum Gasteiger partial charge on any atom is 0.122 e. The first-order valence-corrected chi connectivity index (χ1v) is 5.75. The predicted octanol–water partition coefficient (Wildman–Crippen LogP) is 2.82. The van der Waals surface area contributed by atoms with Crippen LogP contribution in [0.5, 0.6) is 0 Å².